The average molecular weight is 802 g/mol. The molecule has 2 aliphatic rings. The van der Waals surface area contributed by atoms with Gasteiger partial charge in [-0.05, 0) is 43.3 Å². The molecular weight excluding hydrogens is 769 g/mol. The van der Waals surface area contributed by atoms with E-state index in [9.17, 15) is 69.2 Å². The van der Waals surface area contributed by atoms with Gasteiger partial charge in [0.2, 0.25) is 0 Å². The number of nitrogens with zero attached hydrogens (tertiary/aromatic N) is 7. The van der Waals surface area contributed by atoms with Crippen LogP contribution in [0.4, 0.5) is 71.4 Å². The molecule has 2 aliphatic heterocycles. The SMILES string of the molecule is CCOC1C(O)N(c2cc(C(F)(F)F)ccn2)C(=O)N1C.CN1C(=O)N(c2cc(C(F)(F)F)ccn2)C(O)C1O.CNC(=O)Nc1cc(C(F)(F)F)ccn1. The number of nitrogens with one attached hydrogen (secondary N) is 2. The number of carbonyl (C=O) groups is 3. The molecule has 2 fully saturated rings. The van der Waals surface area contributed by atoms with Gasteiger partial charge in [0.15, 0.2) is 24.9 Å². The van der Waals surface area contributed by atoms with E-state index in [1.54, 1.807) is 6.92 Å². The van der Waals surface area contributed by atoms with Crippen LogP contribution in [0.2, 0.25) is 0 Å². The normalized spacial score (nSPS) is 20.1. The molecule has 55 heavy (non-hydrogen) atoms. The topological polar surface area (TPSA) is 197 Å². The summed E-state index contributed by atoms with van der Waals surface area (Å²) < 4.78 is 118. The summed E-state index contributed by atoms with van der Waals surface area (Å²) in [5, 5.41) is 33.5. The largest absolute Gasteiger partial charge is 0.416 e. The van der Waals surface area contributed by atoms with E-state index in [-0.39, 0.29) is 24.1 Å². The molecule has 0 spiro atoms. The molecule has 4 unspecified atom stereocenters. The van der Waals surface area contributed by atoms with Crippen LogP contribution < -0.4 is 20.4 Å². The fourth-order valence-corrected chi connectivity index (χ4v) is 4.59. The highest BCUT2D eigenvalue weighted by atomic mass is 19.4. The zero-order chi connectivity index (χ0) is 41.6. The first-order chi connectivity index (χ1) is 25.4. The number of anilines is 3. The predicted octanol–water partition coefficient (Wildman–Crippen LogP) is 4.11. The van der Waals surface area contributed by atoms with Crippen molar-refractivity contribution in [2.45, 2.75) is 50.4 Å². The van der Waals surface area contributed by atoms with Gasteiger partial charge in [0, 0.05) is 46.3 Å². The van der Waals surface area contributed by atoms with E-state index in [0.29, 0.717) is 17.0 Å². The molecule has 0 bridgehead atoms. The van der Waals surface area contributed by atoms with Crippen molar-refractivity contribution < 1.29 is 74.0 Å². The zero-order valence-electron chi connectivity index (χ0n) is 28.7. The van der Waals surface area contributed by atoms with Crippen LogP contribution >= 0.6 is 0 Å². The first-order valence-electron chi connectivity index (χ1n) is 15.3. The summed E-state index contributed by atoms with van der Waals surface area (Å²) in [5.41, 5.74) is -2.81. The first kappa shape index (κ1) is 43.9. The number of alkyl halides is 9. The number of urea groups is 3. The van der Waals surface area contributed by atoms with Crippen molar-refractivity contribution in [2.24, 2.45) is 0 Å². The third-order valence-corrected chi connectivity index (χ3v) is 7.38. The number of rotatable bonds is 5. The van der Waals surface area contributed by atoms with Gasteiger partial charge >= 0.3 is 36.6 Å². The van der Waals surface area contributed by atoms with Crippen molar-refractivity contribution in [2.75, 3.05) is 42.9 Å². The van der Waals surface area contributed by atoms with E-state index in [4.69, 9.17) is 4.74 Å². The van der Waals surface area contributed by atoms with Gasteiger partial charge in [-0.3, -0.25) is 15.1 Å². The Labute approximate surface area is 304 Å². The van der Waals surface area contributed by atoms with Crippen molar-refractivity contribution in [1.82, 2.24) is 30.1 Å². The number of pyridine rings is 3. The van der Waals surface area contributed by atoms with Crippen molar-refractivity contribution in [1.29, 1.82) is 0 Å². The summed E-state index contributed by atoms with van der Waals surface area (Å²) in [6, 6.07) is 2.32. The van der Waals surface area contributed by atoms with Gasteiger partial charge in [0.05, 0.1) is 16.7 Å². The maximum Gasteiger partial charge on any atom is 0.416 e. The number of halogens is 9. The predicted molar refractivity (Wildman–Crippen MR) is 171 cm³/mol. The molecule has 0 aliphatic carbocycles. The molecule has 2 saturated heterocycles. The lowest BCUT2D eigenvalue weighted by Crippen LogP contribution is -2.38. The van der Waals surface area contributed by atoms with Gasteiger partial charge in [-0.15, -0.1) is 0 Å². The van der Waals surface area contributed by atoms with E-state index >= 15 is 0 Å². The van der Waals surface area contributed by atoms with E-state index in [2.05, 4.69) is 25.6 Å². The molecule has 0 aromatic carbocycles. The lowest BCUT2D eigenvalue weighted by Gasteiger charge is -2.21. The molecule has 3 aromatic rings. The monoisotopic (exact) mass is 801 g/mol. The van der Waals surface area contributed by atoms with Gasteiger partial charge in [-0.1, -0.05) is 0 Å². The number of hydrogen-bond acceptors (Lipinski definition) is 10. The zero-order valence-corrected chi connectivity index (χ0v) is 28.7. The van der Waals surface area contributed by atoms with Gasteiger partial charge in [0.1, 0.15) is 17.5 Å². The Balaban J connectivity index is 0.000000225. The summed E-state index contributed by atoms with van der Waals surface area (Å²) >= 11 is 0. The van der Waals surface area contributed by atoms with Crippen LogP contribution in [0, 0.1) is 0 Å². The van der Waals surface area contributed by atoms with Gasteiger partial charge in [-0.2, -0.15) is 39.5 Å². The van der Waals surface area contributed by atoms with Crippen LogP contribution in [0.25, 0.3) is 0 Å². The Kier molecular flexibility index (Phi) is 13.8. The second-order valence-corrected chi connectivity index (χ2v) is 11.0. The van der Waals surface area contributed by atoms with E-state index < -0.39 is 78.2 Å². The summed E-state index contributed by atoms with van der Waals surface area (Å²) in [4.78, 5) is 48.7. The van der Waals surface area contributed by atoms with Crippen LogP contribution in [0.15, 0.2) is 55.0 Å². The number of amides is 6. The summed E-state index contributed by atoms with van der Waals surface area (Å²) in [6.45, 7) is 1.92. The van der Waals surface area contributed by atoms with Gasteiger partial charge in [-0.25, -0.2) is 39.1 Å². The molecule has 3 aromatic heterocycles. The van der Waals surface area contributed by atoms with Gasteiger partial charge < -0.3 is 25.4 Å². The molecule has 5 rings (SSSR count). The maximum absolute atomic E-state index is 12.7. The van der Waals surface area contributed by atoms with Crippen molar-refractivity contribution in [3.05, 3.63) is 71.7 Å². The highest BCUT2D eigenvalue weighted by molar-refractivity contribution is 5.94. The highest BCUT2D eigenvalue weighted by Crippen LogP contribution is 2.35. The van der Waals surface area contributed by atoms with E-state index in [0.717, 1.165) is 57.6 Å². The molecule has 16 nitrogen and oxygen atoms in total. The molecule has 5 N–H and O–H groups in total. The molecule has 5 heterocycles. The van der Waals surface area contributed by atoms with E-state index in [1.165, 1.54) is 21.1 Å². The number of likely N-dealkylation sites (N-methyl/N-ethyl adjacent to an activating group) is 2. The lowest BCUT2D eigenvalue weighted by atomic mass is 10.2. The minimum atomic E-state index is -4.59. The minimum absolute atomic E-state index is 0.149. The van der Waals surface area contributed by atoms with Crippen LogP contribution in [-0.4, -0.2) is 111 Å². The Morgan fingerprint density at radius 1 is 0.709 bits per heavy atom. The second-order valence-electron chi connectivity index (χ2n) is 11.0. The number of aliphatic hydroxyl groups excluding tert-OH is 3. The summed E-state index contributed by atoms with van der Waals surface area (Å²) in [5.74, 6) is -0.809. The van der Waals surface area contributed by atoms with Crippen LogP contribution in [-0.2, 0) is 23.3 Å². The Hall–Kier alpha value is -5.53. The van der Waals surface area contributed by atoms with Crippen molar-refractivity contribution in [3.8, 4) is 0 Å². The third-order valence-electron chi connectivity index (χ3n) is 7.38. The summed E-state index contributed by atoms with van der Waals surface area (Å²) in [7, 11) is 3.95. The highest BCUT2D eigenvalue weighted by Gasteiger charge is 2.46. The number of ether oxygens (including phenoxy) is 1. The molecule has 0 radical (unpaired) electrons. The summed E-state index contributed by atoms with van der Waals surface area (Å²) in [6.07, 6.45) is -16.4. The minimum Gasteiger partial charge on any atom is -0.369 e. The standard InChI is InChI=1S/C12H14F3N3O3.C10H10F3N3O3.C8H8F3N3O/c1-3-21-10-9(19)18(11(20)17(10)2)8-6-7(4-5-16-8)12(13,14)15;1-15-7(17)8(18)16(9(15)19)6-4-5(2-3-14-6)10(11,12)13;1-12-7(15)14-6-4-5(2-3-13-6)8(9,10)11/h4-6,9-10,19H,3H2,1-2H3;2-4,7-8,17-18H,1H3;2-4H,1H3,(H2,12,13,14,15). The smallest absolute Gasteiger partial charge is 0.369 e. The molecular formula is C30H32F9N9O7. The van der Waals surface area contributed by atoms with Crippen molar-refractivity contribution in [3.63, 3.8) is 0 Å². The number of carbonyl (C=O) groups excluding carboxylic acids is 3. The lowest BCUT2D eigenvalue weighted by molar-refractivity contribution is -0.138. The fraction of sp³-hybridized carbons (Fsp3) is 0.400. The molecule has 25 heteroatoms. The fourth-order valence-electron chi connectivity index (χ4n) is 4.59. The Morgan fingerprint density at radius 3 is 1.53 bits per heavy atom. The number of aromatic nitrogens is 3. The van der Waals surface area contributed by atoms with Crippen LogP contribution in [0.5, 0.6) is 0 Å². The maximum atomic E-state index is 12.7. The average Bonchev–Trinajstić information content (AvgIpc) is 3.45. The Bertz CT molecular complexity index is 1820. The first-order valence-corrected chi connectivity index (χ1v) is 15.3. The van der Waals surface area contributed by atoms with Crippen molar-refractivity contribution >= 4 is 35.5 Å². The third kappa shape index (κ3) is 10.6. The second kappa shape index (κ2) is 17.3. The van der Waals surface area contributed by atoms with Crippen LogP contribution in [0.1, 0.15) is 23.6 Å². The molecule has 302 valence electrons. The van der Waals surface area contributed by atoms with E-state index in [1.807, 2.05) is 0 Å². The van der Waals surface area contributed by atoms with Crippen LogP contribution in [0.3, 0.4) is 0 Å². The Morgan fingerprint density at radius 2 is 1.13 bits per heavy atom. The number of hydrogen-bond donors (Lipinski definition) is 5. The molecule has 4 atom stereocenters. The van der Waals surface area contributed by atoms with Gasteiger partial charge in [0.25, 0.3) is 0 Å². The number of aliphatic hydroxyl groups is 3. The quantitative estimate of drug-likeness (QED) is 0.234. The molecule has 0 saturated carbocycles. The molecule has 6 amide bonds.